The number of fused-ring (bicyclic) bond motifs is 5. The predicted octanol–water partition coefficient (Wildman–Crippen LogP) is 1.02. The van der Waals surface area contributed by atoms with Gasteiger partial charge in [-0.05, 0) is 6.07 Å². The van der Waals surface area contributed by atoms with Gasteiger partial charge in [0.1, 0.15) is 36.6 Å². The third-order valence-electron chi connectivity index (χ3n) is 7.54. The Hall–Kier alpha value is -3.00. The van der Waals surface area contributed by atoms with E-state index in [-0.39, 0.29) is 28.6 Å². The largest absolute Gasteiger partial charge is 0.388 e. The van der Waals surface area contributed by atoms with E-state index in [1.54, 1.807) is 0 Å². The lowest BCUT2D eigenvalue weighted by molar-refractivity contribution is -0.0651. The van der Waals surface area contributed by atoms with Crippen LogP contribution in [-0.4, -0.2) is 85.0 Å². The van der Waals surface area contributed by atoms with Gasteiger partial charge < -0.3 is 25.5 Å². The molecule has 0 aliphatic carbocycles. The summed E-state index contributed by atoms with van der Waals surface area (Å²) in [5.74, 6) is -2.77. The number of thiol groups is 1. The molecule has 0 saturated carbocycles. The Morgan fingerprint density at radius 3 is 2.75 bits per heavy atom. The van der Waals surface area contributed by atoms with Crippen molar-refractivity contribution in [2.45, 2.75) is 36.0 Å². The number of aromatic nitrogens is 7. The van der Waals surface area contributed by atoms with Crippen molar-refractivity contribution in [2.75, 3.05) is 37.9 Å². The van der Waals surface area contributed by atoms with E-state index in [9.17, 15) is 13.9 Å². The number of imidazole rings is 1. The summed E-state index contributed by atoms with van der Waals surface area (Å²) in [5.41, 5.74) is 8.16. The Morgan fingerprint density at radius 2 is 1.93 bits per heavy atom. The molecule has 18 nitrogen and oxygen atoms in total. The molecule has 7 heterocycles. The third kappa shape index (κ3) is 4.65. The summed E-state index contributed by atoms with van der Waals surface area (Å²) in [7, 11) is -3.56. The van der Waals surface area contributed by atoms with Gasteiger partial charge in [-0.1, -0.05) is 12.2 Å². The standard InChI is InChI=1S/C21H23F2N9O9P2S/c22-13-10-3-38-42(34)40-14-11(36-5-20(14,23)31-2-1-9-15(24)26-7-27-16(9)31)4-39-43(35,44)41-21(13,6-37-10)32-8-28-12-17(32)29-19(25)30-18(12)33/h1-2,7-8,10-11,13-14,42H,3-6H2,(H,35,44)(H2,24,26,27)(H3,25,29,30,33)/t10-,11-,13+,14-,20+,21+,43-/m1/s1. The molecule has 4 aromatic heterocycles. The number of anilines is 2. The Labute approximate surface area is 250 Å². The molecule has 0 aromatic carbocycles. The van der Waals surface area contributed by atoms with E-state index in [0.717, 1.165) is 21.8 Å². The second kappa shape index (κ2) is 10.5. The fourth-order valence-electron chi connectivity index (χ4n) is 5.48. The third-order valence-corrected chi connectivity index (χ3v) is 10.0. The van der Waals surface area contributed by atoms with Crippen molar-refractivity contribution in [2.24, 2.45) is 0 Å². The van der Waals surface area contributed by atoms with E-state index in [2.05, 4.69) is 37.2 Å². The van der Waals surface area contributed by atoms with E-state index >= 15 is 8.78 Å². The average molecular weight is 677 g/mol. The minimum atomic E-state index is -4.59. The first kappa shape index (κ1) is 29.7. The Morgan fingerprint density at radius 1 is 1.14 bits per heavy atom. The van der Waals surface area contributed by atoms with Crippen LogP contribution in [0.5, 0.6) is 0 Å². The molecule has 8 atom stereocenters. The van der Waals surface area contributed by atoms with Gasteiger partial charge in [-0.15, -0.1) is 0 Å². The van der Waals surface area contributed by atoms with Crippen molar-refractivity contribution >= 4 is 61.3 Å². The van der Waals surface area contributed by atoms with E-state index in [4.69, 9.17) is 39.0 Å². The Balaban J connectivity index is 1.26. The fraction of sp³-hybridized carbons (Fsp3) is 0.476. The highest BCUT2D eigenvalue weighted by Gasteiger charge is 2.59. The highest BCUT2D eigenvalue weighted by Crippen LogP contribution is 2.60. The number of hydrogen-bond donors (Lipinski definition) is 4. The summed E-state index contributed by atoms with van der Waals surface area (Å²) < 4.78 is 95.1. The molecule has 0 radical (unpaired) electrons. The van der Waals surface area contributed by atoms with Gasteiger partial charge in [-0.3, -0.25) is 37.0 Å². The molecule has 2 bridgehead atoms. The van der Waals surface area contributed by atoms with Crippen molar-refractivity contribution in [1.82, 2.24) is 34.1 Å². The highest BCUT2D eigenvalue weighted by molar-refractivity contribution is 8.44. The molecule has 0 amide bonds. The summed E-state index contributed by atoms with van der Waals surface area (Å²) in [6.45, 7) is -7.21. The Bertz CT molecular complexity index is 1910. The molecule has 3 fully saturated rings. The van der Waals surface area contributed by atoms with Crippen LogP contribution in [-0.2, 0) is 48.2 Å². The fourth-order valence-corrected chi connectivity index (χ4v) is 8.04. The van der Waals surface area contributed by atoms with E-state index in [1.165, 1.54) is 12.3 Å². The number of alkyl halides is 2. The predicted molar refractivity (Wildman–Crippen MR) is 149 cm³/mol. The summed E-state index contributed by atoms with van der Waals surface area (Å²) in [5, 5.41) is 0.337. The number of H-pyrrole nitrogens is 1. The first-order valence-corrected chi connectivity index (χ1v) is 16.7. The minimum absolute atomic E-state index is 0.0917. The molecule has 3 aliphatic heterocycles. The van der Waals surface area contributed by atoms with Crippen LogP contribution in [0.25, 0.3) is 22.2 Å². The van der Waals surface area contributed by atoms with Crippen molar-refractivity contribution in [3.05, 3.63) is 35.3 Å². The molecule has 44 heavy (non-hydrogen) atoms. The SMILES string of the molecule is Nc1nc2c(ncn2[C@@]23CO[C@H](CO[PH](=O)O[C@@H]4[C@@H](CO[P@@](=O)(S)O2)OC[C@]4(F)n2ccc4c(N)ncnc42)[C@@H]3F)c(=O)[nH]1. The second-order valence-electron chi connectivity index (χ2n) is 10.1. The van der Waals surface area contributed by atoms with Crippen molar-refractivity contribution in [1.29, 1.82) is 0 Å². The second-order valence-corrected chi connectivity index (χ2v) is 14.0. The topological polar surface area (TPSA) is 236 Å². The monoisotopic (exact) mass is 677 g/mol. The zero-order valence-electron chi connectivity index (χ0n) is 22.1. The summed E-state index contributed by atoms with van der Waals surface area (Å²) in [6, 6.07) is 1.48. The van der Waals surface area contributed by atoms with Crippen LogP contribution in [0.1, 0.15) is 0 Å². The van der Waals surface area contributed by atoms with E-state index in [0.29, 0.717) is 5.39 Å². The molecule has 23 heteroatoms. The summed E-state index contributed by atoms with van der Waals surface area (Å²) in [4.78, 5) is 30.6. The van der Waals surface area contributed by atoms with Gasteiger partial charge in [0.25, 0.3) is 5.56 Å². The molecule has 5 N–H and O–H groups in total. The maximum atomic E-state index is 16.8. The quantitative estimate of drug-likeness (QED) is 0.171. The van der Waals surface area contributed by atoms with Gasteiger partial charge in [-0.25, -0.2) is 28.3 Å². The summed E-state index contributed by atoms with van der Waals surface area (Å²) in [6.07, 6.45) is -3.23. The molecule has 3 aliphatic rings. The van der Waals surface area contributed by atoms with Crippen molar-refractivity contribution in [3.8, 4) is 0 Å². The van der Waals surface area contributed by atoms with Crippen LogP contribution in [0, 0.1) is 0 Å². The highest BCUT2D eigenvalue weighted by atomic mass is 32.7. The van der Waals surface area contributed by atoms with Crippen LogP contribution in [0.4, 0.5) is 20.5 Å². The number of halogens is 2. The molecule has 0 spiro atoms. The summed E-state index contributed by atoms with van der Waals surface area (Å²) >= 11 is 4.04. The van der Waals surface area contributed by atoms with E-state index in [1.807, 2.05) is 0 Å². The maximum Gasteiger partial charge on any atom is 0.388 e. The van der Waals surface area contributed by atoms with Crippen LogP contribution >= 0.6 is 27.3 Å². The smallest absolute Gasteiger partial charge is 0.383 e. The number of nitrogen functional groups attached to an aromatic ring is 2. The molecule has 1 unspecified atom stereocenters. The number of nitrogens with two attached hydrogens (primary N) is 2. The number of rotatable bonds is 2. The van der Waals surface area contributed by atoms with Crippen LogP contribution in [0.2, 0.25) is 0 Å². The average Bonchev–Trinajstić information content (AvgIpc) is 3.73. The van der Waals surface area contributed by atoms with E-state index < -0.39 is 83.0 Å². The zero-order chi connectivity index (χ0) is 31.0. The number of nitrogens with one attached hydrogen (secondary N) is 1. The van der Waals surface area contributed by atoms with Crippen molar-refractivity contribution < 1.29 is 45.5 Å². The first-order chi connectivity index (χ1) is 20.9. The number of hydrogen-bond acceptors (Lipinski definition) is 15. The lowest BCUT2D eigenvalue weighted by Gasteiger charge is -2.33. The van der Waals surface area contributed by atoms with Gasteiger partial charge in [0.2, 0.25) is 17.5 Å². The van der Waals surface area contributed by atoms with Crippen LogP contribution in [0.3, 0.4) is 0 Å². The lowest BCUT2D eigenvalue weighted by Crippen LogP contribution is -2.46. The zero-order valence-corrected chi connectivity index (χ0v) is 24.9. The molecule has 236 valence electrons. The van der Waals surface area contributed by atoms with Crippen LogP contribution in [0.15, 0.2) is 29.7 Å². The molecule has 4 aromatic rings. The normalized spacial score (nSPS) is 36.6. The van der Waals surface area contributed by atoms with Crippen LogP contribution < -0.4 is 17.0 Å². The molecule has 3 saturated heterocycles. The Kier molecular flexibility index (Phi) is 7.11. The molecular weight excluding hydrogens is 654 g/mol. The van der Waals surface area contributed by atoms with Gasteiger partial charge in [0.05, 0.1) is 31.5 Å². The van der Waals surface area contributed by atoms with Gasteiger partial charge in [0, 0.05) is 6.20 Å². The number of ether oxygens (including phenoxy) is 2. The van der Waals surface area contributed by atoms with Gasteiger partial charge >= 0.3 is 15.1 Å². The van der Waals surface area contributed by atoms with Crippen molar-refractivity contribution in [3.63, 3.8) is 0 Å². The number of nitrogens with zero attached hydrogens (tertiary/aromatic N) is 6. The number of aromatic amines is 1. The van der Waals surface area contributed by atoms with Gasteiger partial charge in [0.15, 0.2) is 23.4 Å². The van der Waals surface area contributed by atoms with Gasteiger partial charge in [-0.2, -0.15) is 4.98 Å². The minimum Gasteiger partial charge on any atom is -0.383 e. The molecular formula is C21H23F2N9O9P2S. The maximum absolute atomic E-state index is 16.8. The molecule has 7 rings (SSSR count). The first-order valence-electron chi connectivity index (χ1n) is 12.8. The lowest BCUT2D eigenvalue weighted by atomic mass is 10.1.